The van der Waals surface area contributed by atoms with Gasteiger partial charge in [-0.25, -0.2) is 4.98 Å². The van der Waals surface area contributed by atoms with Crippen molar-refractivity contribution < 1.29 is 0 Å². The fraction of sp³-hybridized carbons (Fsp3) is 0.571. The summed E-state index contributed by atoms with van der Waals surface area (Å²) in [5.41, 5.74) is 1.80. The molecule has 2 aromatic heterocycles. The highest BCUT2D eigenvalue weighted by Gasteiger charge is 2.13. The van der Waals surface area contributed by atoms with Gasteiger partial charge in [0, 0.05) is 12.7 Å². The molecule has 0 amide bonds. The van der Waals surface area contributed by atoms with E-state index in [1.807, 2.05) is 12.3 Å². The first kappa shape index (κ1) is 12.7. The number of nitrogens with zero attached hydrogens (tertiary/aromatic N) is 2. The van der Waals surface area contributed by atoms with Crippen LogP contribution in [-0.2, 0) is 0 Å². The molecule has 0 radical (unpaired) electrons. The fourth-order valence-corrected chi connectivity index (χ4v) is 3.09. The van der Waals surface area contributed by atoms with Gasteiger partial charge < -0.3 is 10.3 Å². The summed E-state index contributed by atoms with van der Waals surface area (Å²) >= 11 is 5.93. The topological polar surface area (TPSA) is 53.6 Å². The van der Waals surface area contributed by atoms with E-state index in [2.05, 4.69) is 20.3 Å². The van der Waals surface area contributed by atoms with Gasteiger partial charge in [-0.15, -0.1) is 0 Å². The quantitative estimate of drug-likeness (QED) is 0.832. The number of hydrogen-bond acceptors (Lipinski definition) is 3. The number of halogens is 1. The van der Waals surface area contributed by atoms with Crippen molar-refractivity contribution in [2.24, 2.45) is 5.92 Å². The lowest BCUT2D eigenvalue weighted by atomic mass is 9.87. The highest BCUT2D eigenvalue weighted by molar-refractivity contribution is 6.28. The number of aromatic amines is 1. The molecular weight excluding hydrogens is 260 g/mol. The maximum absolute atomic E-state index is 5.93. The summed E-state index contributed by atoms with van der Waals surface area (Å²) in [6, 6.07) is 1.91. The molecule has 0 atom stereocenters. The second-order valence-electron chi connectivity index (χ2n) is 5.30. The lowest BCUT2D eigenvalue weighted by Crippen LogP contribution is -2.13. The summed E-state index contributed by atoms with van der Waals surface area (Å²) in [7, 11) is 0. The van der Waals surface area contributed by atoms with Gasteiger partial charge in [-0.3, -0.25) is 0 Å². The molecule has 3 rings (SSSR count). The number of aromatic nitrogens is 3. The predicted molar refractivity (Wildman–Crippen MR) is 78.6 cm³/mol. The van der Waals surface area contributed by atoms with E-state index in [9.17, 15) is 0 Å². The number of nitrogens with one attached hydrogen (secondary N) is 2. The Morgan fingerprint density at radius 3 is 2.95 bits per heavy atom. The highest BCUT2D eigenvalue weighted by Crippen LogP contribution is 2.26. The Balaban J connectivity index is 1.63. The van der Waals surface area contributed by atoms with Crippen LogP contribution in [0.4, 0.5) is 5.82 Å². The number of fused-ring (bicyclic) bond motifs is 1. The van der Waals surface area contributed by atoms with Gasteiger partial charge in [-0.05, 0) is 30.0 Å². The molecule has 0 unspecified atom stereocenters. The first-order valence-corrected chi connectivity index (χ1v) is 7.45. The Bertz CT molecular complexity index is 545. The fourth-order valence-electron chi connectivity index (χ4n) is 2.92. The lowest BCUT2D eigenvalue weighted by Gasteiger charge is -2.21. The number of anilines is 1. The zero-order chi connectivity index (χ0) is 13.1. The van der Waals surface area contributed by atoms with Crippen LogP contribution in [0.2, 0.25) is 5.28 Å². The Labute approximate surface area is 118 Å². The molecule has 19 heavy (non-hydrogen) atoms. The van der Waals surface area contributed by atoms with Gasteiger partial charge in [-0.1, -0.05) is 32.1 Å². The van der Waals surface area contributed by atoms with Crippen LogP contribution in [0, 0.1) is 5.92 Å². The van der Waals surface area contributed by atoms with E-state index in [4.69, 9.17) is 11.6 Å². The van der Waals surface area contributed by atoms with Crippen molar-refractivity contribution in [1.82, 2.24) is 15.0 Å². The van der Waals surface area contributed by atoms with E-state index in [1.54, 1.807) is 0 Å². The standard InChI is InChI=1S/C14H19ClN4/c15-14-18-11-7-9-16-12(11)13(19-14)17-8-6-10-4-2-1-3-5-10/h7,9-10,16H,1-6,8H2,(H,17,18,19). The van der Waals surface area contributed by atoms with Crippen molar-refractivity contribution in [3.63, 3.8) is 0 Å². The van der Waals surface area contributed by atoms with Gasteiger partial charge in [0.1, 0.15) is 5.52 Å². The van der Waals surface area contributed by atoms with Gasteiger partial charge >= 0.3 is 0 Å². The molecule has 2 heterocycles. The average Bonchev–Trinajstić information content (AvgIpc) is 2.88. The van der Waals surface area contributed by atoms with Crippen LogP contribution in [-0.4, -0.2) is 21.5 Å². The third-order valence-corrected chi connectivity index (χ3v) is 4.12. The molecule has 1 aliphatic carbocycles. The van der Waals surface area contributed by atoms with E-state index < -0.39 is 0 Å². The molecule has 0 bridgehead atoms. The van der Waals surface area contributed by atoms with Crippen LogP contribution in [0.3, 0.4) is 0 Å². The second-order valence-corrected chi connectivity index (χ2v) is 5.64. The monoisotopic (exact) mass is 278 g/mol. The van der Waals surface area contributed by atoms with Crippen LogP contribution in [0.15, 0.2) is 12.3 Å². The van der Waals surface area contributed by atoms with Gasteiger partial charge in [0.2, 0.25) is 5.28 Å². The zero-order valence-electron chi connectivity index (χ0n) is 11.0. The van der Waals surface area contributed by atoms with Crippen LogP contribution < -0.4 is 5.32 Å². The third kappa shape index (κ3) is 3.00. The molecule has 1 saturated carbocycles. The first-order valence-electron chi connectivity index (χ1n) is 7.07. The predicted octanol–water partition coefficient (Wildman–Crippen LogP) is 3.99. The van der Waals surface area contributed by atoms with Gasteiger partial charge in [0.05, 0.1) is 5.52 Å². The molecule has 0 aliphatic heterocycles. The van der Waals surface area contributed by atoms with E-state index in [0.717, 1.165) is 29.3 Å². The van der Waals surface area contributed by atoms with Gasteiger partial charge in [-0.2, -0.15) is 4.98 Å². The maximum atomic E-state index is 5.93. The Morgan fingerprint density at radius 1 is 1.26 bits per heavy atom. The molecule has 5 heteroatoms. The van der Waals surface area contributed by atoms with Crippen LogP contribution in [0.25, 0.3) is 11.0 Å². The average molecular weight is 279 g/mol. The van der Waals surface area contributed by atoms with Crippen LogP contribution >= 0.6 is 11.6 Å². The summed E-state index contributed by atoms with van der Waals surface area (Å²) in [4.78, 5) is 11.6. The molecule has 102 valence electrons. The minimum Gasteiger partial charge on any atom is -0.368 e. The summed E-state index contributed by atoms with van der Waals surface area (Å²) in [6.45, 7) is 0.951. The Kier molecular flexibility index (Phi) is 3.87. The summed E-state index contributed by atoms with van der Waals surface area (Å²) in [6.07, 6.45) is 10.0. The van der Waals surface area contributed by atoms with Gasteiger partial charge in [0.15, 0.2) is 5.82 Å². The minimum atomic E-state index is 0.298. The molecule has 2 N–H and O–H groups in total. The van der Waals surface area contributed by atoms with Crippen molar-refractivity contribution in [1.29, 1.82) is 0 Å². The van der Waals surface area contributed by atoms with E-state index in [1.165, 1.54) is 38.5 Å². The molecule has 4 nitrogen and oxygen atoms in total. The molecule has 0 aromatic carbocycles. The largest absolute Gasteiger partial charge is 0.368 e. The summed E-state index contributed by atoms with van der Waals surface area (Å²) in [5, 5.41) is 3.69. The molecule has 2 aromatic rings. The van der Waals surface area contributed by atoms with Crippen LogP contribution in [0.5, 0.6) is 0 Å². The summed E-state index contributed by atoms with van der Waals surface area (Å²) < 4.78 is 0. The van der Waals surface area contributed by atoms with E-state index in [0.29, 0.717) is 5.28 Å². The van der Waals surface area contributed by atoms with Crippen molar-refractivity contribution in [3.05, 3.63) is 17.5 Å². The minimum absolute atomic E-state index is 0.298. The van der Waals surface area contributed by atoms with Gasteiger partial charge in [0.25, 0.3) is 0 Å². The first-order chi connectivity index (χ1) is 9.33. The summed E-state index contributed by atoms with van der Waals surface area (Å²) in [5.74, 6) is 1.69. The SMILES string of the molecule is Clc1nc(NCCC2CCCCC2)c2[nH]ccc2n1. The molecule has 0 saturated heterocycles. The third-order valence-electron chi connectivity index (χ3n) is 3.95. The van der Waals surface area contributed by atoms with Crippen molar-refractivity contribution in [3.8, 4) is 0 Å². The smallest absolute Gasteiger partial charge is 0.225 e. The van der Waals surface area contributed by atoms with E-state index in [-0.39, 0.29) is 0 Å². The second kappa shape index (κ2) is 5.78. The zero-order valence-corrected chi connectivity index (χ0v) is 11.7. The van der Waals surface area contributed by atoms with Crippen molar-refractivity contribution in [2.45, 2.75) is 38.5 Å². The number of rotatable bonds is 4. The van der Waals surface area contributed by atoms with E-state index >= 15 is 0 Å². The Hall–Kier alpha value is -1.29. The Morgan fingerprint density at radius 2 is 2.11 bits per heavy atom. The maximum Gasteiger partial charge on any atom is 0.225 e. The molecule has 1 aliphatic rings. The number of hydrogen-bond donors (Lipinski definition) is 2. The molecular formula is C14H19ClN4. The van der Waals surface area contributed by atoms with Crippen LogP contribution in [0.1, 0.15) is 38.5 Å². The number of H-pyrrole nitrogens is 1. The molecule has 0 spiro atoms. The normalized spacial score (nSPS) is 16.9. The highest BCUT2D eigenvalue weighted by atomic mass is 35.5. The molecule has 1 fully saturated rings. The lowest BCUT2D eigenvalue weighted by molar-refractivity contribution is 0.345. The van der Waals surface area contributed by atoms with Crippen molar-refractivity contribution in [2.75, 3.05) is 11.9 Å². The van der Waals surface area contributed by atoms with Crippen molar-refractivity contribution >= 4 is 28.5 Å².